The van der Waals surface area contributed by atoms with E-state index in [0.717, 1.165) is 33.5 Å². The molecule has 4 nitrogen and oxygen atoms in total. The zero-order chi connectivity index (χ0) is 23.6. The minimum Gasteiger partial charge on any atom is -0.367 e. The molecule has 168 valence electrons. The van der Waals surface area contributed by atoms with Crippen molar-refractivity contribution in [3.05, 3.63) is 116 Å². The molecule has 4 heteroatoms. The summed E-state index contributed by atoms with van der Waals surface area (Å²) in [6, 6.07) is 36.4. The van der Waals surface area contributed by atoms with Crippen LogP contribution in [-0.4, -0.2) is 15.0 Å². The smallest absolute Gasteiger partial charge is 0.235 e. The molecule has 0 unspecified atom stereocenters. The van der Waals surface area contributed by atoms with Gasteiger partial charge in [-0.25, -0.2) is 9.97 Å². The highest BCUT2D eigenvalue weighted by Crippen LogP contribution is 2.52. The number of aromatic nitrogens is 3. The van der Waals surface area contributed by atoms with Gasteiger partial charge >= 0.3 is 0 Å². The Kier molecular flexibility index (Phi) is 3.91. The molecule has 0 radical (unpaired) electrons. The summed E-state index contributed by atoms with van der Waals surface area (Å²) < 4.78 is 0. The summed E-state index contributed by atoms with van der Waals surface area (Å²) in [5.74, 6) is 0.670. The van der Waals surface area contributed by atoms with E-state index in [1.54, 1.807) is 0 Å². The molecule has 36 heavy (non-hydrogen) atoms. The lowest BCUT2D eigenvalue weighted by Gasteiger charge is -2.33. The zero-order valence-corrected chi connectivity index (χ0v) is 19.3. The van der Waals surface area contributed by atoms with E-state index in [1.165, 1.54) is 32.7 Å². The van der Waals surface area contributed by atoms with Crippen LogP contribution >= 0.6 is 0 Å². The maximum absolute atomic E-state index is 5.20. The number of nitrogens with one attached hydrogen (secondary N) is 1. The van der Waals surface area contributed by atoms with E-state index < -0.39 is 0 Å². The molecule has 5 aromatic carbocycles. The maximum Gasteiger partial charge on any atom is 0.235 e. The predicted molar refractivity (Wildman–Crippen MR) is 148 cm³/mol. The molecule has 8 rings (SSSR count). The number of H-pyrrole nitrogens is 1. The molecular weight excluding hydrogens is 440 g/mol. The van der Waals surface area contributed by atoms with Crippen LogP contribution in [0.4, 0.5) is 17.3 Å². The molecule has 0 saturated heterocycles. The van der Waals surface area contributed by atoms with Gasteiger partial charge in [0.1, 0.15) is 0 Å². The molecular formula is C32H20N4. The number of hydrogen-bond donors (Lipinski definition) is 1. The summed E-state index contributed by atoms with van der Waals surface area (Å²) in [5.41, 5.74) is 7.55. The van der Waals surface area contributed by atoms with Crippen molar-refractivity contribution in [2.24, 2.45) is 0 Å². The highest BCUT2D eigenvalue weighted by atomic mass is 15.3. The van der Waals surface area contributed by atoms with Crippen LogP contribution in [0.1, 0.15) is 0 Å². The number of rotatable bonds is 2. The van der Waals surface area contributed by atoms with Crippen molar-refractivity contribution < 1.29 is 0 Å². The Bertz CT molecular complexity index is 1950. The summed E-state index contributed by atoms with van der Waals surface area (Å²) in [5, 5.41) is 5.92. The first kappa shape index (κ1) is 19.4. The lowest BCUT2D eigenvalue weighted by molar-refractivity contribution is 1.11. The number of para-hydroxylation sites is 1. The van der Waals surface area contributed by atoms with Gasteiger partial charge in [0.2, 0.25) is 5.95 Å². The molecule has 0 atom stereocenters. The van der Waals surface area contributed by atoms with Crippen LogP contribution in [0.2, 0.25) is 0 Å². The second kappa shape index (κ2) is 7.27. The first-order valence-electron chi connectivity index (χ1n) is 12.1. The van der Waals surface area contributed by atoms with Crippen LogP contribution in [0.5, 0.6) is 0 Å². The van der Waals surface area contributed by atoms with Crippen LogP contribution in [0.15, 0.2) is 116 Å². The number of benzene rings is 5. The van der Waals surface area contributed by atoms with Gasteiger partial charge in [0, 0.05) is 34.3 Å². The Morgan fingerprint density at radius 3 is 2.31 bits per heavy atom. The predicted octanol–water partition coefficient (Wildman–Crippen LogP) is 8.38. The number of hydrogen-bond acceptors (Lipinski definition) is 3. The Morgan fingerprint density at radius 2 is 1.42 bits per heavy atom. The third-order valence-electron chi connectivity index (χ3n) is 7.20. The highest BCUT2D eigenvalue weighted by molar-refractivity contribution is 6.19. The number of fused-ring (bicyclic) bond motifs is 5. The van der Waals surface area contributed by atoms with Gasteiger partial charge in [-0.3, -0.25) is 4.90 Å². The zero-order valence-electron chi connectivity index (χ0n) is 19.3. The fraction of sp³-hybridized carbons (Fsp3) is 0. The topological polar surface area (TPSA) is 44.8 Å². The molecule has 0 saturated carbocycles. The normalized spacial score (nSPS) is 12.4. The first-order valence-corrected chi connectivity index (χ1v) is 12.1. The van der Waals surface area contributed by atoms with Crippen LogP contribution in [0.25, 0.3) is 54.8 Å². The second-order valence-corrected chi connectivity index (χ2v) is 9.19. The number of nitrogens with zero attached hydrogens (tertiary/aromatic N) is 3. The van der Waals surface area contributed by atoms with Gasteiger partial charge < -0.3 is 4.98 Å². The maximum atomic E-state index is 5.20. The molecule has 0 aliphatic carbocycles. The average Bonchev–Trinajstić information content (AvgIpc) is 3.47. The fourth-order valence-electron chi connectivity index (χ4n) is 5.65. The molecule has 1 N–H and O–H groups in total. The summed E-state index contributed by atoms with van der Waals surface area (Å²) in [7, 11) is 0. The van der Waals surface area contributed by atoms with E-state index in [0.29, 0.717) is 5.95 Å². The molecule has 2 aromatic heterocycles. The molecule has 3 heterocycles. The van der Waals surface area contributed by atoms with Crippen molar-refractivity contribution in [1.29, 1.82) is 0 Å². The molecule has 0 spiro atoms. The van der Waals surface area contributed by atoms with Crippen molar-refractivity contribution in [1.82, 2.24) is 15.0 Å². The SMILES string of the molecule is c1ccc2c3c(ccc2c1)N(c1nc(-c2cc[nH]c2)c2ccccc2n1)c1cccc2cccc-3c12. The molecule has 7 aromatic rings. The minimum absolute atomic E-state index is 0.670. The van der Waals surface area contributed by atoms with Crippen LogP contribution in [0, 0.1) is 0 Å². The summed E-state index contributed by atoms with van der Waals surface area (Å²) >= 11 is 0. The van der Waals surface area contributed by atoms with E-state index in [1.807, 2.05) is 24.5 Å². The van der Waals surface area contributed by atoms with Crippen LogP contribution in [0.3, 0.4) is 0 Å². The Hall–Kier alpha value is -4.96. The van der Waals surface area contributed by atoms with E-state index in [4.69, 9.17) is 9.97 Å². The van der Waals surface area contributed by atoms with E-state index in [9.17, 15) is 0 Å². The van der Waals surface area contributed by atoms with Crippen molar-refractivity contribution in [3.8, 4) is 22.4 Å². The molecule has 0 bridgehead atoms. The number of aromatic amines is 1. The van der Waals surface area contributed by atoms with Gasteiger partial charge in [-0.2, -0.15) is 0 Å². The van der Waals surface area contributed by atoms with E-state index in [-0.39, 0.29) is 0 Å². The summed E-state index contributed by atoms with van der Waals surface area (Å²) in [6.07, 6.45) is 3.93. The quantitative estimate of drug-likeness (QED) is 0.282. The number of anilines is 3. The van der Waals surface area contributed by atoms with Gasteiger partial charge in [0.25, 0.3) is 0 Å². The fourth-order valence-corrected chi connectivity index (χ4v) is 5.65. The minimum atomic E-state index is 0.670. The molecule has 0 amide bonds. The third kappa shape index (κ3) is 2.64. The Balaban J connectivity index is 1.52. The monoisotopic (exact) mass is 460 g/mol. The van der Waals surface area contributed by atoms with Crippen LogP contribution < -0.4 is 4.90 Å². The first-order chi connectivity index (χ1) is 17.9. The van der Waals surface area contributed by atoms with E-state index >= 15 is 0 Å². The lowest BCUT2D eigenvalue weighted by Crippen LogP contribution is -2.18. The second-order valence-electron chi connectivity index (χ2n) is 9.19. The average molecular weight is 461 g/mol. The van der Waals surface area contributed by atoms with Gasteiger partial charge in [0.05, 0.1) is 22.6 Å². The van der Waals surface area contributed by atoms with Crippen LogP contribution in [-0.2, 0) is 0 Å². The van der Waals surface area contributed by atoms with Crippen molar-refractivity contribution >= 4 is 49.8 Å². The highest BCUT2D eigenvalue weighted by Gasteiger charge is 2.29. The van der Waals surface area contributed by atoms with Gasteiger partial charge in [0.15, 0.2) is 0 Å². The summed E-state index contributed by atoms with van der Waals surface area (Å²) in [6.45, 7) is 0. The molecule has 1 aliphatic heterocycles. The standard InChI is InChI=1S/C32H20N4/c1-2-10-23-20(7-1)15-16-28-30(23)25-12-5-8-21-9-6-14-27(29(21)25)36(28)32-34-26-13-4-3-11-24(26)31(35-32)22-17-18-33-19-22/h1-19,33H. The van der Waals surface area contributed by atoms with Gasteiger partial charge in [-0.05, 0) is 46.0 Å². The summed E-state index contributed by atoms with van der Waals surface area (Å²) in [4.78, 5) is 15.7. The Labute approximate surface area is 207 Å². The Morgan fingerprint density at radius 1 is 0.611 bits per heavy atom. The molecule has 1 aliphatic rings. The van der Waals surface area contributed by atoms with Gasteiger partial charge in [-0.1, -0.05) is 78.9 Å². The van der Waals surface area contributed by atoms with Crippen molar-refractivity contribution in [3.63, 3.8) is 0 Å². The van der Waals surface area contributed by atoms with Crippen molar-refractivity contribution in [2.75, 3.05) is 4.90 Å². The molecule has 0 fully saturated rings. The van der Waals surface area contributed by atoms with E-state index in [2.05, 4.69) is 101 Å². The van der Waals surface area contributed by atoms with Gasteiger partial charge in [-0.15, -0.1) is 0 Å². The van der Waals surface area contributed by atoms with Crippen molar-refractivity contribution in [2.45, 2.75) is 0 Å². The largest absolute Gasteiger partial charge is 0.367 e. The third-order valence-corrected chi connectivity index (χ3v) is 7.20. The lowest BCUT2D eigenvalue weighted by atomic mass is 9.88.